The number of benzene rings is 1. The van der Waals surface area contributed by atoms with Crippen molar-refractivity contribution >= 4 is 32.8 Å². The lowest BCUT2D eigenvalue weighted by atomic mass is 10.1. The Morgan fingerprint density at radius 2 is 1.88 bits per heavy atom. The van der Waals surface area contributed by atoms with Crippen molar-refractivity contribution < 1.29 is 0 Å². The number of fused-ring (bicyclic) bond motifs is 1. The zero-order valence-corrected chi connectivity index (χ0v) is 10.3. The van der Waals surface area contributed by atoms with Gasteiger partial charge in [0, 0.05) is 10.0 Å². The fourth-order valence-corrected chi connectivity index (χ4v) is 1.96. The lowest BCUT2D eigenvalue weighted by molar-refractivity contribution is 1.09. The van der Waals surface area contributed by atoms with Crippen molar-refractivity contribution in [3.05, 3.63) is 35.1 Å². The summed E-state index contributed by atoms with van der Waals surface area (Å²) >= 11 is 3.40. The minimum absolute atomic E-state index is 0.432. The first-order valence-electron chi connectivity index (χ1n) is 4.96. The van der Waals surface area contributed by atoms with E-state index in [2.05, 4.69) is 36.1 Å². The highest BCUT2D eigenvalue weighted by atomic mass is 79.9. The van der Waals surface area contributed by atoms with Gasteiger partial charge in [0.1, 0.15) is 17.8 Å². The van der Waals surface area contributed by atoms with Crippen molar-refractivity contribution in [2.45, 2.75) is 0 Å². The van der Waals surface area contributed by atoms with Crippen molar-refractivity contribution in [1.82, 2.24) is 20.2 Å². The molecule has 0 saturated heterocycles. The van der Waals surface area contributed by atoms with E-state index < -0.39 is 0 Å². The third kappa shape index (κ3) is 1.66. The Balaban J connectivity index is 2.27. The Hall–Kier alpha value is -1.95. The zero-order valence-electron chi connectivity index (χ0n) is 8.68. The smallest absolute Gasteiger partial charge is 0.161 e. The number of halogens is 1. The van der Waals surface area contributed by atoms with E-state index in [1.165, 1.54) is 6.33 Å². The minimum Gasteiger partial charge on any atom is -0.383 e. The van der Waals surface area contributed by atoms with Gasteiger partial charge in [0.15, 0.2) is 5.65 Å². The maximum absolute atomic E-state index is 5.85. The fraction of sp³-hybridized carbons (Fsp3) is 0. The van der Waals surface area contributed by atoms with Crippen LogP contribution >= 0.6 is 15.9 Å². The molecule has 3 aromatic rings. The number of aromatic nitrogens is 4. The predicted octanol–water partition coefficient (Wildman–Crippen LogP) is 2.36. The van der Waals surface area contributed by atoms with Crippen LogP contribution in [0, 0.1) is 0 Å². The molecule has 0 aliphatic rings. The van der Waals surface area contributed by atoms with E-state index in [0.717, 1.165) is 21.1 Å². The third-order valence-electron chi connectivity index (χ3n) is 2.50. The van der Waals surface area contributed by atoms with E-state index in [-0.39, 0.29) is 0 Å². The van der Waals surface area contributed by atoms with Crippen molar-refractivity contribution in [2.24, 2.45) is 0 Å². The number of nitrogens with one attached hydrogen (secondary N) is 1. The summed E-state index contributed by atoms with van der Waals surface area (Å²) in [5.74, 6) is 0.432. The van der Waals surface area contributed by atoms with Gasteiger partial charge in [0.2, 0.25) is 0 Å². The lowest BCUT2D eigenvalue weighted by Gasteiger charge is -1.99. The molecule has 0 atom stereocenters. The second kappa shape index (κ2) is 3.81. The molecular formula is C11H8BrN5. The largest absolute Gasteiger partial charge is 0.383 e. The second-order valence-corrected chi connectivity index (χ2v) is 4.48. The van der Waals surface area contributed by atoms with Crippen LogP contribution in [0.2, 0.25) is 0 Å². The van der Waals surface area contributed by atoms with E-state index >= 15 is 0 Å². The van der Waals surface area contributed by atoms with Gasteiger partial charge in [0.25, 0.3) is 0 Å². The van der Waals surface area contributed by atoms with Crippen LogP contribution in [0.4, 0.5) is 5.82 Å². The van der Waals surface area contributed by atoms with E-state index in [9.17, 15) is 0 Å². The van der Waals surface area contributed by atoms with Gasteiger partial charge in [-0.25, -0.2) is 9.97 Å². The number of nitrogen functional groups attached to an aromatic ring is 1. The molecular weight excluding hydrogens is 282 g/mol. The van der Waals surface area contributed by atoms with Crippen LogP contribution in [-0.4, -0.2) is 20.2 Å². The molecule has 1 aromatic carbocycles. The lowest BCUT2D eigenvalue weighted by Crippen LogP contribution is -1.92. The van der Waals surface area contributed by atoms with E-state index in [1.54, 1.807) is 0 Å². The van der Waals surface area contributed by atoms with E-state index in [4.69, 9.17) is 5.73 Å². The molecule has 3 N–H and O–H groups in total. The van der Waals surface area contributed by atoms with E-state index in [0.29, 0.717) is 11.5 Å². The van der Waals surface area contributed by atoms with Crippen LogP contribution in [0.5, 0.6) is 0 Å². The van der Waals surface area contributed by atoms with Crippen molar-refractivity contribution in [3.63, 3.8) is 0 Å². The molecule has 0 spiro atoms. The number of nitrogens with two attached hydrogens (primary N) is 1. The number of hydrogen-bond acceptors (Lipinski definition) is 4. The molecule has 2 aromatic heterocycles. The van der Waals surface area contributed by atoms with Gasteiger partial charge in [-0.05, 0) is 12.1 Å². The summed E-state index contributed by atoms with van der Waals surface area (Å²) in [6.07, 6.45) is 1.42. The van der Waals surface area contributed by atoms with Gasteiger partial charge in [-0.1, -0.05) is 28.1 Å². The number of anilines is 1. The van der Waals surface area contributed by atoms with Crippen LogP contribution in [0.1, 0.15) is 0 Å². The summed E-state index contributed by atoms with van der Waals surface area (Å²) in [5.41, 5.74) is 8.24. The summed E-state index contributed by atoms with van der Waals surface area (Å²) in [6.45, 7) is 0. The van der Waals surface area contributed by atoms with Gasteiger partial charge in [0.05, 0.1) is 5.39 Å². The molecule has 0 saturated carbocycles. The third-order valence-corrected chi connectivity index (χ3v) is 3.03. The first-order chi connectivity index (χ1) is 8.25. The highest BCUT2D eigenvalue weighted by molar-refractivity contribution is 9.10. The molecule has 3 rings (SSSR count). The first-order valence-corrected chi connectivity index (χ1v) is 5.75. The average molecular weight is 290 g/mol. The molecule has 0 bridgehead atoms. The molecule has 0 fully saturated rings. The van der Waals surface area contributed by atoms with Crippen molar-refractivity contribution in [3.8, 4) is 11.3 Å². The number of H-pyrrole nitrogens is 1. The molecule has 0 radical (unpaired) electrons. The number of aromatic amines is 1. The monoisotopic (exact) mass is 289 g/mol. The summed E-state index contributed by atoms with van der Waals surface area (Å²) in [5, 5.41) is 7.84. The number of hydrogen-bond donors (Lipinski definition) is 2. The maximum atomic E-state index is 5.85. The van der Waals surface area contributed by atoms with Gasteiger partial charge >= 0.3 is 0 Å². The molecule has 84 valence electrons. The maximum Gasteiger partial charge on any atom is 0.161 e. The van der Waals surface area contributed by atoms with Crippen LogP contribution in [0.3, 0.4) is 0 Å². The molecule has 6 heteroatoms. The molecule has 17 heavy (non-hydrogen) atoms. The molecule has 2 heterocycles. The summed E-state index contributed by atoms with van der Waals surface area (Å²) in [4.78, 5) is 8.07. The highest BCUT2D eigenvalue weighted by Gasteiger charge is 2.12. The topological polar surface area (TPSA) is 80.5 Å². The Morgan fingerprint density at radius 3 is 2.65 bits per heavy atom. The van der Waals surface area contributed by atoms with Crippen LogP contribution in [-0.2, 0) is 0 Å². The molecule has 0 amide bonds. The van der Waals surface area contributed by atoms with Gasteiger partial charge in [-0.3, -0.25) is 5.10 Å². The molecule has 0 aliphatic carbocycles. The molecule has 0 aliphatic heterocycles. The summed E-state index contributed by atoms with van der Waals surface area (Å²) in [6, 6.07) is 7.84. The quantitative estimate of drug-likeness (QED) is 0.721. The average Bonchev–Trinajstić information content (AvgIpc) is 2.75. The Bertz CT molecular complexity index is 674. The predicted molar refractivity (Wildman–Crippen MR) is 69.2 cm³/mol. The standard InChI is InChI=1S/C11H8BrN5/c12-7-3-1-6(2-4-7)9-8-10(13)14-5-15-11(8)17-16-9/h1-5H,(H3,13,14,15,16,17). The summed E-state index contributed by atoms with van der Waals surface area (Å²) < 4.78 is 1.02. The van der Waals surface area contributed by atoms with Crippen LogP contribution in [0.15, 0.2) is 35.1 Å². The highest BCUT2D eigenvalue weighted by Crippen LogP contribution is 2.28. The molecule has 0 unspecified atom stereocenters. The number of nitrogens with zero attached hydrogens (tertiary/aromatic N) is 3. The van der Waals surface area contributed by atoms with Crippen LogP contribution in [0.25, 0.3) is 22.3 Å². The van der Waals surface area contributed by atoms with Gasteiger partial charge in [-0.2, -0.15) is 5.10 Å². The Morgan fingerprint density at radius 1 is 1.12 bits per heavy atom. The van der Waals surface area contributed by atoms with Crippen molar-refractivity contribution in [1.29, 1.82) is 0 Å². The second-order valence-electron chi connectivity index (χ2n) is 3.56. The summed E-state index contributed by atoms with van der Waals surface area (Å²) in [7, 11) is 0. The van der Waals surface area contributed by atoms with Crippen LogP contribution < -0.4 is 5.73 Å². The fourth-order valence-electron chi connectivity index (χ4n) is 1.70. The minimum atomic E-state index is 0.432. The van der Waals surface area contributed by atoms with E-state index in [1.807, 2.05) is 24.3 Å². The SMILES string of the molecule is Nc1ncnc2[nH]nc(-c3ccc(Br)cc3)c12. The van der Waals surface area contributed by atoms with Crippen molar-refractivity contribution in [2.75, 3.05) is 5.73 Å². The Kier molecular flexibility index (Phi) is 2.29. The Labute approximate surface area is 105 Å². The zero-order chi connectivity index (χ0) is 11.8. The molecule has 5 nitrogen and oxygen atoms in total. The normalized spacial score (nSPS) is 10.9. The van der Waals surface area contributed by atoms with Gasteiger partial charge in [-0.15, -0.1) is 0 Å². The first kappa shape index (κ1) is 10.2. The number of rotatable bonds is 1. The van der Waals surface area contributed by atoms with Gasteiger partial charge < -0.3 is 5.73 Å².